The summed E-state index contributed by atoms with van der Waals surface area (Å²) in [7, 11) is 0. The summed E-state index contributed by atoms with van der Waals surface area (Å²) in [5.74, 6) is -0.0900. The number of benzene rings is 1. The molecule has 116 valence electrons. The molecule has 1 aromatic carbocycles. The van der Waals surface area contributed by atoms with Gasteiger partial charge in [-0.1, -0.05) is 30.3 Å². The number of nitrogens with zero attached hydrogens (tertiary/aromatic N) is 1. The Bertz CT molecular complexity index is 458. The van der Waals surface area contributed by atoms with Crippen LogP contribution < -0.4 is 10.6 Å². The maximum absolute atomic E-state index is 12.3. The van der Waals surface area contributed by atoms with Crippen molar-refractivity contribution >= 4 is 11.9 Å². The molecule has 21 heavy (non-hydrogen) atoms. The number of carbonyl (C=O) groups is 2. The van der Waals surface area contributed by atoms with Gasteiger partial charge in [-0.3, -0.25) is 4.79 Å². The summed E-state index contributed by atoms with van der Waals surface area (Å²) in [5.41, 5.74) is 1.08. The molecule has 1 rings (SSSR count). The van der Waals surface area contributed by atoms with Gasteiger partial charge in [-0.15, -0.1) is 0 Å². The van der Waals surface area contributed by atoms with E-state index in [0.29, 0.717) is 6.54 Å². The van der Waals surface area contributed by atoms with Gasteiger partial charge in [-0.05, 0) is 33.3 Å². The van der Waals surface area contributed by atoms with Gasteiger partial charge >= 0.3 is 6.03 Å². The van der Waals surface area contributed by atoms with Crippen molar-refractivity contribution in [2.24, 2.45) is 0 Å². The van der Waals surface area contributed by atoms with Crippen LogP contribution in [0.2, 0.25) is 0 Å². The van der Waals surface area contributed by atoms with Crippen LogP contribution in [0.25, 0.3) is 0 Å². The highest BCUT2D eigenvalue weighted by molar-refractivity contribution is 5.84. The maximum atomic E-state index is 12.3. The lowest BCUT2D eigenvalue weighted by atomic mass is 10.2. The summed E-state index contributed by atoms with van der Waals surface area (Å²) in [4.78, 5) is 25.5. The predicted molar refractivity (Wildman–Crippen MR) is 83.8 cm³/mol. The summed E-state index contributed by atoms with van der Waals surface area (Å²) in [6.07, 6.45) is 0. The summed E-state index contributed by atoms with van der Waals surface area (Å²) < 4.78 is 0. The molecule has 1 aromatic rings. The van der Waals surface area contributed by atoms with Crippen molar-refractivity contribution in [3.05, 3.63) is 35.9 Å². The van der Waals surface area contributed by atoms with E-state index in [-0.39, 0.29) is 30.6 Å². The molecule has 3 amide bonds. The quantitative estimate of drug-likeness (QED) is 0.843. The lowest BCUT2D eigenvalue weighted by molar-refractivity contribution is -0.132. The van der Waals surface area contributed by atoms with E-state index in [1.54, 1.807) is 4.90 Å². The third-order valence-electron chi connectivity index (χ3n) is 2.96. The molecule has 0 heterocycles. The van der Waals surface area contributed by atoms with Crippen LogP contribution in [0, 0.1) is 0 Å². The van der Waals surface area contributed by atoms with Gasteiger partial charge in [0.15, 0.2) is 0 Å². The van der Waals surface area contributed by atoms with Crippen LogP contribution in [-0.2, 0) is 11.3 Å². The topological polar surface area (TPSA) is 61.4 Å². The fourth-order valence-electron chi connectivity index (χ4n) is 1.91. The van der Waals surface area contributed by atoms with Gasteiger partial charge in [0, 0.05) is 18.6 Å². The van der Waals surface area contributed by atoms with Gasteiger partial charge in [0.05, 0.1) is 6.54 Å². The number of rotatable bonds is 6. The Morgan fingerprint density at radius 2 is 1.71 bits per heavy atom. The highest BCUT2D eigenvalue weighted by Crippen LogP contribution is 2.08. The van der Waals surface area contributed by atoms with Crippen LogP contribution in [0.1, 0.15) is 33.3 Å². The molecule has 0 saturated carbocycles. The third-order valence-corrected chi connectivity index (χ3v) is 2.96. The lowest BCUT2D eigenvalue weighted by Gasteiger charge is -2.27. The molecular formula is C16H25N3O2. The molecule has 0 radical (unpaired) electrons. The lowest BCUT2D eigenvalue weighted by Crippen LogP contribution is -2.46. The molecule has 2 N–H and O–H groups in total. The minimum Gasteiger partial charge on any atom is -0.336 e. The Hall–Kier alpha value is -2.04. The molecule has 0 saturated heterocycles. The monoisotopic (exact) mass is 291 g/mol. The molecule has 0 unspecified atom stereocenters. The average Bonchev–Trinajstić information content (AvgIpc) is 2.42. The number of urea groups is 1. The van der Waals surface area contributed by atoms with E-state index in [9.17, 15) is 9.59 Å². The zero-order valence-electron chi connectivity index (χ0n) is 13.2. The molecule has 0 atom stereocenters. The number of hydrogen-bond donors (Lipinski definition) is 2. The second-order valence-electron chi connectivity index (χ2n) is 5.58. The van der Waals surface area contributed by atoms with E-state index in [1.807, 2.05) is 58.0 Å². The van der Waals surface area contributed by atoms with E-state index in [1.165, 1.54) is 0 Å². The first kappa shape index (κ1) is 17.0. The minimum atomic E-state index is -0.318. The van der Waals surface area contributed by atoms with Crippen molar-refractivity contribution in [2.45, 2.75) is 46.3 Å². The van der Waals surface area contributed by atoms with Crippen LogP contribution >= 0.6 is 0 Å². The Morgan fingerprint density at radius 1 is 1.10 bits per heavy atom. The second kappa shape index (κ2) is 8.29. The van der Waals surface area contributed by atoms with Crippen molar-refractivity contribution in [1.29, 1.82) is 0 Å². The van der Waals surface area contributed by atoms with Crippen molar-refractivity contribution < 1.29 is 9.59 Å². The van der Waals surface area contributed by atoms with Gasteiger partial charge < -0.3 is 15.5 Å². The Balaban J connectivity index is 2.56. The summed E-state index contributed by atoms with van der Waals surface area (Å²) in [5, 5.41) is 5.29. The average molecular weight is 291 g/mol. The first-order chi connectivity index (χ1) is 9.90. The standard InChI is InChI=1S/C16H25N3O2/c1-12(2)18-16(21)17-10-15(20)19(13(3)4)11-14-8-6-5-7-9-14/h5-9,12-13H,10-11H2,1-4H3,(H2,17,18,21). The van der Waals surface area contributed by atoms with E-state index >= 15 is 0 Å². The van der Waals surface area contributed by atoms with Crippen molar-refractivity contribution in [3.63, 3.8) is 0 Å². The van der Waals surface area contributed by atoms with Gasteiger partial charge in [-0.25, -0.2) is 4.79 Å². The Morgan fingerprint density at radius 3 is 2.24 bits per heavy atom. The third kappa shape index (κ3) is 6.29. The minimum absolute atomic E-state index is 0.00354. The molecule has 0 spiro atoms. The highest BCUT2D eigenvalue weighted by atomic mass is 16.2. The molecule has 0 aliphatic carbocycles. The van der Waals surface area contributed by atoms with E-state index < -0.39 is 0 Å². The first-order valence-corrected chi connectivity index (χ1v) is 7.28. The molecule has 5 heteroatoms. The molecule has 0 bridgehead atoms. The molecular weight excluding hydrogens is 266 g/mol. The number of hydrogen-bond acceptors (Lipinski definition) is 2. The molecule has 0 aromatic heterocycles. The summed E-state index contributed by atoms with van der Waals surface area (Å²) >= 11 is 0. The molecule has 5 nitrogen and oxygen atoms in total. The van der Waals surface area contributed by atoms with Gasteiger partial charge in [0.25, 0.3) is 0 Å². The summed E-state index contributed by atoms with van der Waals surface area (Å²) in [6.45, 7) is 8.23. The predicted octanol–water partition coefficient (Wildman–Crippen LogP) is 2.13. The Kier molecular flexibility index (Phi) is 6.72. The normalized spacial score (nSPS) is 10.6. The number of carbonyl (C=O) groups excluding carboxylic acids is 2. The largest absolute Gasteiger partial charge is 0.336 e. The van der Waals surface area contributed by atoms with Crippen molar-refractivity contribution in [3.8, 4) is 0 Å². The molecule has 0 aliphatic heterocycles. The summed E-state index contributed by atoms with van der Waals surface area (Å²) in [6, 6.07) is 9.63. The highest BCUT2D eigenvalue weighted by Gasteiger charge is 2.17. The number of nitrogens with one attached hydrogen (secondary N) is 2. The van der Waals surface area contributed by atoms with Crippen LogP contribution in [0.5, 0.6) is 0 Å². The van der Waals surface area contributed by atoms with E-state index in [0.717, 1.165) is 5.56 Å². The smallest absolute Gasteiger partial charge is 0.315 e. The second-order valence-corrected chi connectivity index (χ2v) is 5.58. The van der Waals surface area contributed by atoms with Crippen LogP contribution in [-0.4, -0.2) is 35.5 Å². The van der Waals surface area contributed by atoms with Crippen LogP contribution in [0.4, 0.5) is 4.79 Å². The fraction of sp³-hybridized carbons (Fsp3) is 0.500. The molecule has 0 fully saturated rings. The maximum Gasteiger partial charge on any atom is 0.315 e. The number of amides is 3. The van der Waals surface area contributed by atoms with Gasteiger partial charge in [0.1, 0.15) is 0 Å². The Labute approximate surface area is 126 Å². The van der Waals surface area contributed by atoms with E-state index in [4.69, 9.17) is 0 Å². The van der Waals surface area contributed by atoms with Crippen LogP contribution in [0.15, 0.2) is 30.3 Å². The van der Waals surface area contributed by atoms with Gasteiger partial charge in [0.2, 0.25) is 5.91 Å². The van der Waals surface area contributed by atoms with E-state index in [2.05, 4.69) is 10.6 Å². The zero-order chi connectivity index (χ0) is 15.8. The van der Waals surface area contributed by atoms with Gasteiger partial charge in [-0.2, -0.15) is 0 Å². The van der Waals surface area contributed by atoms with Crippen molar-refractivity contribution in [1.82, 2.24) is 15.5 Å². The SMILES string of the molecule is CC(C)NC(=O)NCC(=O)N(Cc1ccccc1)C(C)C. The van der Waals surface area contributed by atoms with Crippen LogP contribution in [0.3, 0.4) is 0 Å². The fourth-order valence-corrected chi connectivity index (χ4v) is 1.91. The zero-order valence-corrected chi connectivity index (χ0v) is 13.2. The molecule has 0 aliphatic rings. The first-order valence-electron chi connectivity index (χ1n) is 7.28. The van der Waals surface area contributed by atoms with Crippen molar-refractivity contribution in [2.75, 3.05) is 6.54 Å².